The van der Waals surface area contributed by atoms with E-state index in [2.05, 4.69) is 10.0 Å². The van der Waals surface area contributed by atoms with Gasteiger partial charge in [0.1, 0.15) is 23.9 Å². The number of aliphatic hydroxyl groups excluding tert-OH is 1. The number of carbonyl (C=O) groups is 1. The lowest BCUT2D eigenvalue weighted by molar-refractivity contribution is -0.139. The minimum Gasteiger partial charge on any atom is -0.506 e. The Morgan fingerprint density at radius 2 is 1.62 bits per heavy atom. The summed E-state index contributed by atoms with van der Waals surface area (Å²) in [5, 5.41) is 32.6. The third kappa shape index (κ3) is 8.60. The number of carboxylic acid groups (broad SMARTS) is 1. The Hall–Kier alpha value is -3.80. The van der Waals surface area contributed by atoms with Crippen LogP contribution >= 0.6 is 0 Å². The minimum absolute atomic E-state index is 0.00114. The molecule has 10 nitrogen and oxygen atoms in total. The van der Waals surface area contributed by atoms with Crippen LogP contribution < -0.4 is 19.5 Å². The first kappa shape index (κ1) is 29.8. The summed E-state index contributed by atoms with van der Waals surface area (Å²) in [7, 11) is -3.58. The summed E-state index contributed by atoms with van der Waals surface area (Å²) < 4.78 is 36.4. The maximum Gasteiger partial charge on any atom is 0.341 e. The Kier molecular flexibility index (Phi) is 9.79. The Morgan fingerprint density at radius 3 is 2.21 bits per heavy atom. The monoisotopic (exact) mass is 558 g/mol. The number of sulfonamides is 1. The van der Waals surface area contributed by atoms with E-state index in [0.29, 0.717) is 30.2 Å². The second-order valence-electron chi connectivity index (χ2n) is 9.33. The zero-order valence-electron chi connectivity index (χ0n) is 22.3. The summed E-state index contributed by atoms with van der Waals surface area (Å²) in [5.41, 5.74) is 4.52. The van der Waals surface area contributed by atoms with E-state index in [0.717, 1.165) is 28.5 Å². The highest BCUT2D eigenvalue weighted by molar-refractivity contribution is 7.92. The van der Waals surface area contributed by atoms with E-state index in [1.54, 1.807) is 19.1 Å². The van der Waals surface area contributed by atoms with Crippen molar-refractivity contribution in [2.24, 2.45) is 0 Å². The van der Waals surface area contributed by atoms with Gasteiger partial charge in [0.05, 0.1) is 18.0 Å². The lowest BCUT2D eigenvalue weighted by Crippen LogP contribution is -2.35. The van der Waals surface area contributed by atoms with Crippen LogP contribution in [-0.2, 0) is 14.8 Å². The van der Waals surface area contributed by atoms with Crippen molar-refractivity contribution in [3.05, 3.63) is 71.3 Å². The van der Waals surface area contributed by atoms with Crippen LogP contribution in [0.15, 0.2) is 54.6 Å². The zero-order valence-corrected chi connectivity index (χ0v) is 23.1. The van der Waals surface area contributed by atoms with Gasteiger partial charge in [0.25, 0.3) is 0 Å². The molecule has 11 heteroatoms. The molecule has 0 saturated heterocycles. The molecule has 39 heavy (non-hydrogen) atoms. The van der Waals surface area contributed by atoms with Gasteiger partial charge in [-0.05, 0) is 85.0 Å². The number of phenols is 1. The molecule has 0 amide bonds. The molecule has 0 fully saturated rings. The van der Waals surface area contributed by atoms with Crippen LogP contribution in [0.2, 0.25) is 0 Å². The number of carboxylic acids is 1. The van der Waals surface area contributed by atoms with Crippen LogP contribution in [0.5, 0.6) is 17.2 Å². The number of rotatable bonds is 13. The molecule has 2 atom stereocenters. The number of hydrogen-bond acceptors (Lipinski definition) is 8. The molecule has 5 N–H and O–H groups in total. The number of hydrogen-bond donors (Lipinski definition) is 5. The molecule has 3 rings (SSSR count). The predicted molar refractivity (Wildman–Crippen MR) is 149 cm³/mol. The Morgan fingerprint density at radius 1 is 0.974 bits per heavy atom. The molecule has 210 valence electrons. The number of phenolic OH excluding ortho intramolecular Hbond substituents is 1. The SMILES string of the molecule is Cc1cc(OCCN[C@@H](C)[C@@H](O)c2ccc(O)c(NS(C)(=O)=O)c2)cc(C)c1-c1ccc(OCC(=O)O)cc1. The topological polar surface area (TPSA) is 154 Å². The fourth-order valence-electron chi connectivity index (χ4n) is 4.20. The first-order valence-corrected chi connectivity index (χ1v) is 14.1. The zero-order chi connectivity index (χ0) is 28.7. The molecule has 0 aliphatic heterocycles. The maximum absolute atomic E-state index is 11.5. The summed E-state index contributed by atoms with van der Waals surface area (Å²) in [6.07, 6.45) is 0.0327. The second kappa shape index (κ2) is 12.8. The lowest BCUT2D eigenvalue weighted by Gasteiger charge is -2.22. The van der Waals surface area contributed by atoms with Gasteiger partial charge >= 0.3 is 5.97 Å². The van der Waals surface area contributed by atoms with Crippen LogP contribution in [0.1, 0.15) is 29.7 Å². The van der Waals surface area contributed by atoms with Crippen LogP contribution in [0.25, 0.3) is 11.1 Å². The number of ether oxygens (including phenoxy) is 2. The molecule has 0 aromatic heterocycles. The number of aliphatic hydroxyl groups is 1. The van der Waals surface area contributed by atoms with Crippen LogP contribution in [0.4, 0.5) is 5.69 Å². The highest BCUT2D eigenvalue weighted by Gasteiger charge is 2.18. The average molecular weight is 559 g/mol. The van der Waals surface area contributed by atoms with Crippen molar-refractivity contribution in [3.8, 4) is 28.4 Å². The molecule has 3 aromatic carbocycles. The van der Waals surface area contributed by atoms with Gasteiger partial charge in [-0.1, -0.05) is 18.2 Å². The normalized spacial score (nSPS) is 12.9. The quantitative estimate of drug-likeness (QED) is 0.156. The lowest BCUT2D eigenvalue weighted by atomic mass is 9.95. The van der Waals surface area contributed by atoms with Crippen molar-refractivity contribution in [1.29, 1.82) is 0 Å². The largest absolute Gasteiger partial charge is 0.506 e. The first-order valence-electron chi connectivity index (χ1n) is 12.3. The van der Waals surface area contributed by atoms with Gasteiger partial charge < -0.3 is 30.1 Å². The number of aliphatic carboxylic acids is 1. The van der Waals surface area contributed by atoms with Gasteiger partial charge in [0.2, 0.25) is 10.0 Å². The van der Waals surface area contributed by atoms with E-state index < -0.39 is 28.7 Å². The predicted octanol–water partition coefficient (Wildman–Crippen LogP) is 3.60. The molecular weight excluding hydrogens is 524 g/mol. The van der Waals surface area contributed by atoms with Crippen LogP contribution in [0, 0.1) is 13.8 Å². The third-order valence-corrected chi connectivity index (χ3v) is 6.57. The highest BCUT2D eigenvalue weighted by atomic mass is 32.2. The van der Waals surface area contributed by atoms with Gasteiger partial charge in [-0.25, -0.2) is 13.2 Å². The van der Waals surface area contributed by atoms with Gasteiger partial charge in [-0.15, -0.1) is 0 Å². The molecule has 0 saturated carbocycles. The molecule has 0 aliphatic carbocycles. The van der Waals surface area contributed by atoms with Crippen molar-refractivity contribution in [2.45, 2.75) is 32.9 Å². The van der Waals surface area contributed by atoms with Crippen molar-refractivity contribution in [1.82, 2.24) is 5.32 Å². The molecule has 0 radical (unpaired) electrons. The van der Waals surface area contributed by atoms with E-state index in [1.165, 1.54) is 18.2 Å². The third-order valence-electron chi connectivity index (χ3n) is 5.98. The van der Waals surface area contributed by atoms with Crippen molar-refractivity contribution >= 4 is 21.7 Å². The molecule has 0 spiro atoms. The summed E-state index contributed by atoms with van der Waals surface area (Å²) >= 11 is 0. The summed E-state index contributed by atoms with van der Waals surface area (Å²) in [5.74, 6) is -0.0683. The van der Waals surface area contributed by atoms with Gasteiger partial charge in [-0.2, -0.15) is 0 Å². The van der Waals surface area contributed by atoms with Crippen LogP contribution in [-0.4, -0.2) is 61.8 Å². The minimum atomic E-state index is -3.58. The number of anilines is 1. The van der Waals surface area contributed by atoms with Crippen LogP contribution in [0.3, 0.4) is 0 Å². The van der Waals surface area contributed by atoms with E-state index in [-0.39, 0.29) is 17.5 Å². The van der Waals surface area contributed by atoms with E-state index in [9.17, 15) is 23.4 Å². The Balaban J connectivity index is 1.56. The fourth-order valence-corrected chi connectivity index (χ4v) is 4.76. The van der Waals surface area contributed by atoms with Crippen molar-refractivity contribution < 1.29 is 38.0 Å². The number of aryl methyl sites for hydroxylation is 2. The fraction of sp³-hybridized carbons (Fsp3) is 0.321. The molecule has 0 bridgehead atoms. The van der Waals surface area contributed by atoms with E-state index >= 15 is 0 Å². The van der Waals surface area contributed by atoms with Crippen molar-refractivity contribution in [3.63, 3.8) is 0 Å². The molecule has 3 aromatic rings. The second-order valence-corrected chi connectivity index (χ2v) is 11.1. The molecule has 0 unspecified atom stereocenters. The van der Waals surface area contributed by atoms with E-state index in [4.69, 9.17) is 14.6 Å². The maximum atomic E-state index is 11.5. The van der Waals surface area contributed by atoms with Gasteiger partial charge in [0, 0.05) is 12.6 Å². The molecule has 0 heterocycles. The summed E-state index contributed by atoms with van der Waals surface area (Å²) in [6.45, 7) is 6.18. The summed E-state index contributed by atoms with van der Waals surface area (Å²) in [4.78, 5) is 10.7. The first-order chi connectivity index (χ1) is 18.3. The number of benzene rings is 3. The van der Waals surface area contributed by atoms with Gasteiger partial charge in [-0.3, -0.25) is 4.72 Å². The van der Waals surface area contributed by atoms with Gasteiger partial charge in [0.15, 0.2) is 6.61 Å². The Labute approximate surface area is 228 Å². The number of nitrogens with one attached hydrogen (secondary N) is 2. The standard InChI is InChI=1S/C28H34N2O8S/c1-17-13-23(14-18(2)27(17)20-5-8-22(9-6-20)38-16-26(32)33)37-12-11-29-19(3)28(34)21-7-10-25(31)24(15-21)30-39(4,35)36/h5-10,13-15,19,28-31,34H,11-12,16H2,1-4H3,(H,32,33)/t19-,28+/m0/s1. The smallest absolute Gasteiger partial charge is 0.341 e. The number of aromatic hydroxyl groups is 1. The van der Waals surface area contributed by atoms with Crippen molar-refractivity contribution in [2.75, 3.05) is 30.7 Å². The Bertz CT molecular complexity index is 1380. The molecular formula is C28H34N2O8S. The highest BCUT2D eigenvalue weighted by Crippen LogP contribution is 2.32. The molecule has 0 aliphatic rings. The summed E-state index contributed by atoms with van der Waals surface area (Å²) in [6, 6.07) is 15.0. The average Bonchev–Trinajstić information content (AvgIpc) is 2.85. The van der Waals surface area contributed by atoms with E-state index in [1.807, 2.05) is 38.1 Å².